The first-order chi connectivity index (χ1) is 5.45. The van der Waals surface area contributed by atoms with Gasteiger partial charge in [-0.25, -0.2) is 8.42 Å². The molecule has 5 heteroatoms. The zero-order chi connectivity index (χ0) is 9.61. The van der Waals surface area contributed by atoms with Crippen molar-refractivity contribution in [3.05, 3.63) is 0 Å². The molecule has 0 amide bonds. The van der Waals surface area contributed by atoms with Gasteiger partial charge in [-0.05, 0) is 12.2 Å². The number of hydrogen-bond donors (Lipinski definition) is 1. The van der Waals surface area contributed by atoms with Crippen molar-refractivity contribution in [2.45, 2.75) is 19.4 Å². The lowest BCUT2D eigenvalue weighted by atomic mass is 10.3. The number of rotatable bonds is 6. The maximum Gasteiger partial charge on any atom is 0.147 e. The first-order valence-electron chi connectivity index (χ1n) is 3.96. The molecule has 3 nitrogen and oxygen atoms in total. The molecule has 0 rings (SSSR count). The predicted molar refractivity (Wildman–Crippen MR) is 55.3 cm³/mol. The Balaban J connectivity index is 3.51. The van der Waals surface area contributed by atoms with Crippen molar-refractivity contribution in [1.29, 1.82) is 0 Å². The first-order valence-corrected chi connectivity index (χ1v) is 7.18. The lowest BCUT2D eigenvalue weighted by Crippen LogP contribution is -2.26. The average Bonchev–Trinajstić information content (AvgIpc) is 1.95. The van der Waals surface area contributed by atoms with Gasteiger partial charge in [0.05, 0.1) is 5.75 Å². The number of hydrogen-bond acceptors (Lipinski definition) is 4. The van der Waals surface area contributed by atoms with Crippen LogP contribution in [0.25, 0.3) is 0 Å². The molecule has 12 heavy (non-hydrogen) atoms. The summed E-state index contributed by atoms with van der Waals surface area (Å²) in [5.74, 6) is 2.09. The SMILES string of the molecule is CCSCC(N)CCS(C)(=O)=O. The van der Waals surface area contributed by atoms with Gasteiger partial charge in [0.15, 0.2) is 0 Å². The summed E-state index contributed by atoms with van der Waals surface area (Å²) in [5.41, 5.74) is 5.68. The second-order valence-electron chi connectivity index (χ2n) is 2.84. The minimum Gasteiger partial charge on any atom is -0.327 e. The summed E-state index contributed by atoms with van der Waals surface area (Å²) in [6, 6.07) is 0.0182. The molecule has 0 aliphatic carbocycles. The van der Waals surface area contributed by atoms with E-state index in [-0.39, 0.29) is 11.8 Å². The molecule has 0 heterocycles. The summed E-state index contributed by atoms with van der Waals surface area (Å²) in [6.07, 6.45) is 1.82. The van der Waals surface area contributed by atoms with E-state index in [1.165, 1.54) is 6.26 Å². The van der Waals surface area contributed by atoms with E-state index >= 15 is 0 Å². The van der Waals surface area contributed by atoms with Crippen LogP contribution in [-0.2, 0) is 9.84 Å². The van der Waals surface area contributed by atoms with E-state index in [9.17, 15) is 8.42 Å². The van der Waals surface area contributed by atoms with E-state index in [0.717, 1.165) is 11.5 Å². The fraction of sp³-hybridized carbons (Fsp3) is 1.00. The maximum atomic E-state index is 10.7. The Bertz CT molecular complexity index is 201. The molecule has 1 unspecified atom stereocenters. The fourth-order valence-electron chi connectivity index (χ4n) is 0.718. The number of sulfone groups is 1. The summed E-state index contributed by atoms with van der Waals surface area (Å²) in [7, 11) is -2.83. The lowest BCUT2D eigenvalue weighted by Gasteiger charge is -2.08. The van der Waals surface area contributed by atoms with Gasteiger partial charge < -0.3 is 5.73 Å². The normalized spacial score (nSPS) is 14.6. The Morgan fingerprint density at radius 2 is 2.08 bits per heavy atom. The van der Waals surface area contributed by atoms with Crippen LogP contribution in [0.2, 0.25) is 0 Å². The maximum absolute atomic E-state index is 10.7. The molecule has 0 aromatic heterocycles. The molecule has 0 spiro atoms. The van der Waals surface area contributed by atoms with Gasteiger partial charge in [0.1, 0.15) is 9.84 Å². The minimum absolute atomic E-state index is 0.0182. The second-order valence-corrected chi connectivity index (χ2v) is 6.42. The molecular weight excluding hydrogens is 194 g/mol. The van der Waals surface area contributed by atoms with Crippen LogP contribution in [0.1, 0.15) is 13.3 Å². The molecule has 0 bridgehead atoms. The van der Waals surface area contributed by atoms with E-state index in [0.29, 0.717) is 6.42 Å². The van der Waals surface area contributed by atoms with E-state index in [2.05, 4.69) is 6.92 Å². The van der Waals surface area contributed by atoms with Gasteiger partial charge in [0, 0.05) is 18.1 Å². The third kappa shape index (κ3) is 8.36. The van der Waals surface area contributed by atoms with Crippen LogP contribution in [0.5, 0.6) is 0 Å². The third-order valence-corrected chi connectivity index (χ3v) is 3.44. The largest absolute Gasteiger partial charge is 0.327 e. The van der Waals surface area contributed by atoms with Gasteiger partial charge >= 0.3 is 0 Å². The highest BCUT2D eigenvalue weighted by molar-refractivity contribution is 7.99. The van der Waals surface area contributed by atoms with Crippen molar-refractivity contribution >= 4 is 21.6 Å². The van der Waals surface area contributed by atoms with Crippen LogP contribution in [-0.4, -0.2) is 38.0 Å². The molecule has 0 aliphatic rings. The van der Waals surface area contributed by atoms with Crippen LogP contribution < -0.4 is 5.73 Å². The fourth-order valence-corrected chi connectivity index (χ4v) is 2.15. The number of nitrogens with two attached hydrogens (primary N) is 1. The zero-order valence-corrected chi connectivity index (χ0v) is 9.25. The van der Waals surface area contributed by atoms with Gasteiger partial charge in [-0.2, -0.15) is 11.8 Å². The summed E-state index contributed by atoms with van der Waals surface area (Å²) >= 11 is 1.75. The second kappa shape index (κ2) is 5.83. The van der Waals surface area contributed by atoms with Crippen LogP contribution in [0, 0.1) is 0 Å². The molecule has 0 fully saturated rings. The Labute approximate surface area is 79.0 Å². The van der Waals surface area contributed by atoms with Crippen molar-refractivity contribution < 1.29 is 8.42 Å². The highest BCUT2D eigenvalue weighted by Gasteiger charge is 2.07. The standard InChI is InChI=1S/C7H17NO2S2/c1-3-11-6-7(8)4-5-12(2,9)10/h7H,3-6,8H2,1-2H3. The highest BCUT2D eigenvalue weighted by Crippen LogP contribution is 2.03. The molecule has 0 aromatic rings. The highest BCUT2D eigenvalue weighted by atomic mass is 32.2. The van der Waals surface area contributed by atoms with Crippen molar-refractivity contribution in [1.82, 2.24) is 0 Å². The van der Waals surface area contributed by atoms with Crippen LogP contribution in [0.4, 0.5) is 0 Å². The van der Waals surface area contributed by atoms with Crippen LogP contribution in [0.15, 0.2) is 0 Å². The van der Waals surface area contributed by atoms with Gasteiger partial charge in [-0.1, -0.05) is 6.92 Å². The van der Waals surface area contributed by atoms with Crippen LogP contribution >= 0.6 is 11.8 Å². The minimum atomic E-state index is -2.83. The Hall–Kier alpha value is 0.260. The Morgan fingerprint density at radius 1 is 1.50 bits per heavy atom. The summed E-state index contributed by atoms with van der Waals surface area (Å²) < 4.78 is 21.5. The Morgan fingerprint density at radius 3 is 2.50 bits per heavy atom. The lowest BCUT2D eigenvalue weighted by molar-refractivity contribution is 0.594. The van der Waals surface area contributed by atoms with Gasteiger partial charge in [0.2, 0.25) is 0 Å². The number of thioether (sulfide) groups is 1. The van der Waals surface area contributed by atoms with Crippen molar-refractivity contribution in [3.8, 4) is 0 Å². The van der Waals surface area contributed by atoms with Crippen LogP contribution in [0.3, 0.4) is 0 Å². The smallest absolute Gasteiger partial charge is 0.147 e. The average molecular weight is 211 g/mol. The molecular formula is C7H17NO2S2. The molecule has 0 saturated heterocycles. The van der Waals surface area contributed by atoms with Crippen molar-refractivity contribution in [2.24, 2.45) is 5.73 Å². The molecule has 0 aromatic carbocycles. The van der Waals surface area contributed by atoms with Crippen molar-refractivity contribution in [2.75, 3.05) is 23.5 Å². The summed E-state index contributed by atoms with van der Waals surface area (Å²) in [4.78, 5) is 0. The third-order valence-electron chi connectivity index (χ3n) is 1.40. The van der Waals surface area contributed by atoms with E-state index < -0.39 is 9.84 Å². The topological polar surface area (TPSA) is 60.2 Å². The van der Waals surface area contributed by atoms with Gasteiger partial charge in [-0.15, -0.1) is 0 Å². The molecule has 0 radical (unpaired) electrons. The monoisotopic (exact) mass is 211 g/mol. The van der Waals surface area contributed by atoms with Gasteiger partial charge in [0.25, 0.3) is 0 Å². The van der Waals surface area contributed by atoms with E-state index in [1.54, 1.807) is 11.8 Å². The quantitative estimate of drug-likeness (QED) is 0.695. The van der Waals surface area contributed by atoms with E-state index in [1.807, 2.05) is 0 Å². The predicted octanol–water partition coefficient (Wildman–Crippen LogP) is 0.502. The molecule has 2 N–H and O–H groups in total. The first kappa shape index (κ1) is 12.3. The zero-order valence-electron chi connectivity index (χ0n) is 7.62. The molecule has 0 aliphatic heterocycles. The molecule has 0 saturated carbocycles. The summed E-state index contributed by atoms with van der Waals surface area (Å²) in [5, 5.41) is 0. The Kier molecular flexibility index (Phi) is 5.96. The summed E-state index contributed by atoms with van der Waals surface area (Å²) in [6.45, 7) is 2.06. The van der Waals surface area contributed by atoms with Gasteiger partial charge in [-0.3, -0.25) is 0 Å². The van der Waals surface area contributed by atoms with Crippen molar-refractivity contribution in [3.63, 3.8) is 0 Å². The molecule has 1 atom stereocenters. The molecule has 74 valence electrons. The van der Waals surface area contributed by atoms with E-state index in [4.69, 9.17) is 5.73 Å².